The molecule has 0 bridgehead atoms. The number of carboxylic acids is 1. The van der Waals surface area contributed by atoms with Gasteiger partial charge in [0, 0.05) is 69.7 Å². The van der Waals surface area contributed by atoms with Crippen molar-refractivity contribution < 1.29 is 68.1 Å². The number of carboxylic acid groups (broad SMARTS) is 1. The van der Waals surface area contributed by atoms with Crippen LogP contribution in [0.25, 0.3) is 16.8 Å². The molecule has 6 fully saturated rings. The van der Waals surface area contributed by atoms with Gasteiger partial charge in [-0.15, -0.1) is 0 Å². The van der Waals surface area contributed by atoms with Crippen LogP contribution in [0.3, 0.4) is 0 Å². The molecular weight excluding hydrogens is 1370 g/mol. The van der Waals surface area contributed by atoms with Gasteiger partial charge in [-0.2, -0.15) is 24.3 Å². The van der Waals surface area contributed by atoms with Gasteiger partial charge in [0.15, 0.2) is 11.3 Å². The van der Waals surface area contributed by atoms with Gasteiger partial charge in [-0.3, -0.25) is 19.4 Å². The van der Waals surface area contributed by atoms with E-state index < -0.39 is 47.5 Å². The number of carbonyl (C=O) groups is 5. The van der Waals surface area contributed by atoms with Crippen molar-refractivity contribution in [3.05, 3.63) is 115 Å². The van der Waals surface area contributed by atoms with Crippen molar-refractivity contribution in [3.8, 4) is 17.6 Å². The SMILES string of the molecule is C.CN(C(=O)OC(C)(C)C)c1cc(Nc2cccnc2OC2CC2)cc2c(C(=O)O)cnn12.CN(C(=O)OC(C)(C)C)c1cc(Nc2cccnc2OC2CC2)nc2c(C(=O)NC3CC[C@H]3O)cnn12.CNc1cc(Nc2cccnc2OC2CC2)nc2c(C(=O)NC3CC[C@H]3O)cnn12.N[C@H]1CC[C@H]1O. The summed E-state index contributed by atoms with van der Waals surface area (Å²) in [6.07, 6.45) is 17.9. The van der Waals surface area contributed by atoms with Crippen LogP contribution in [-0.4, -0.2) is 191 Å². The van der Waals surface area contributed by atoms with Gasteiger partial charge in [0.25, 0.3) is 11.8 Å². The number of nitrogens with two attached hydrogens (primary N) is 1. The van der Waals surface area contributed by atoms with Crippen LogP contribution in [0.4, 0.5) is 61.4 Å². The summed E-state index contributed by atoms with van der Waals surface area (Å²) < 4.78 is 33.0. The minimum Gasteiger partial charge on any atom is -0.478 e. The zero-order chi connectivity index (χ0) is 74.6. The molecule has 0 radical (unpaired) electrons. The number of hydrogen-bond donors (Lipinski definition) is 11. The molecule has 9 aromatic heterocycles. The third kappa shape index (κ3) is 18.6. The number of aliphatic hydroxyl groups excluding tert-OH is 3. The van der Waals surface area contributed by atoms with E-state index in [1.807, 2.05) is 24.3 Å². The summed E-state index contributed by atoms with van der Waals surface area (Å²) in [5, 5.41) is 69.1. The van der Waals surface area contributed by atoms with Gasteiger partial charge in [0.1, 0.15) is 92.4 Å². The molecule has 2 unspecified atom stereocenters. The number of ether oxygens (including phenoxy) is 5. The van der Waals surface area contributed by atoms with Crippen molar-refractivity contribution in [1.82, 2.24) is 64.4 Å². The maximum atomic E-state index is 13.1. The molecule has 4 amide bonds. The van der Waals surface area contributed by atoms with Crippen molar-refractivity contribution in [3.63, 3.8) is 0 Å². The standard InChI is InChI=1S/C25H31N7O5.C22H25N5O5.C20H23N7O3.C4H9NO.CH4/c1-25(2,3)37-24(35)31(4)20-12-19(28-17-6-5-11-26-23(17)36-14-7-8-14)30-21-15(13-27-32(20)21)22(34)29-16-9-10-18(16)33;1-22(2,3)32-21(30)26(4)18-11-13(10-17-15(20(28)29)12-24-27(17)18)25-16-6-5-9-23-19(16)31-14-7-8-14;1-21-17-9-16(24-14-3-2-8-22-20(14)30-11-4-5-11)26-18-12(10-23-27(17)18)19(29)25-13-6-7-15(13)28;5-3-1-2-4(3)6;/h5-6,11-14,16,18,33H,7-10H2,1-4H3,(H,28,30)(H,29,34);5-6,9-12,14,25H,7-8H2,1-4H3,(H,28,29);2-3,8-11,13,15,21,28H,4-7H2,1H3,(H,24,26)(H,25,29);3-4,6H,1-2,5H2;1H4/t16?,18-;;13?,15-;3-,4+;/m1.10./s1. The van der Waals surface area contributed by atoms with E-state index in [4.69, 9.17) is 34.5 Å². The highest BCUT2D eigenvalue weighted by Gasteiger charge is 2.35. The van der Waals surface area contributed by atoms with Gasteiger partial charge in [0.05, 0.1) is 54.5 Å². The molecule has 34 nitrogen and oxygen atoms in total. The molecule has 564 valence electrons. The zero-order valence-corrected chi connectivity index (χ0v) is 59.7. The molecule has 9 aromatic rings. The summed E-state index contributed by atoms with van der Waals surface area (Å²) in [4.78, 5) is 87.9. The minimum absolute atomic E-state index is 0. The van der Waals surface area contributed by atoms with Crippen molar-refractivity contribution in [2.24, 2.45) is 5.73 Å². The number of nitrogens with zero attached hydrogens (tertiary/aromatic N) is 13. The number of anilines is 9. The summed E-state index contributed by atoms with van der Waals surface area (Å²) in [5.41, 5.74) is 7.86. The summed E-state index contributed by atoms with van der Waals surface area (Å²) in [7, 11) is 4.88. The quantitative estimate of drug-likeness (QED) is 0.0339. The number of rotatable bonds is 20. The number of carbonyl (C=O) groups excluding carboxylic acids is 4. The van der Waals surface area contributed by atoms with Crippen LogP contribution < -0.4 is 61.6 Å². The first-order valence-corrected chi connectivity index (χ1v) is 34.9. The Kier molecular flexibility index (Phi) is 22.9. The predicted octanol–water partition coefficient (Wildman–Crippen LogP) is 8.93. The average Bonchev–Trinajstić information content (AvgIpc) is 1.57. The normalized spacial score (nSPS) is 19.1. The Morgan fingerprint density at radius 2 is 0.934 bits per heavy atom. The maximum Gasteiger partial charge on any atom is 0.415 e. The highest BCUT2D eigenvalue weighted by molar-refractivity contribution is 6.02. The van der Waals surface area contributed by atoms with E-state index in [9.17, 15) is 39.3 Å². The number of aliphatic hydroxyl groups is 3. The first-order valence-electron chi connectivity index (χ1n) is 34.9. The van der Waals surface area contributed by atoms with Gasteiger partial charge in [-0.05, 0) is 161 Å². The van der Waals surface area contributed by atoms with E-state index in [0.717, 1.165) is 57.8 Å². The van der Waals surface area contributed by atoms with Gasteiger partial charge in [-0.1, -0.05) is 7.43 Å². The fourth-order valence-electron chi connectivity index (χ4n) is 10.7. The monoisotopic (exact) mass is 1460 g/mol. The van der Waals surface area contributed by atoms with Crippen LogP contribution in [0.15, 0.2) is 97.8 Å². The van der Waals surface area contributed by atoms with Gasteiger partial charge < -0.3 is 81.7 Å². The number of amides is 4. The Labute approximate surface area is 610 Å². The van der Waals surface area contributed by atoms with Crippen molar-refractivity contribution in [2.45, 2.75) is 192 Å². The number of pyridine rings is 4. The summed E-state index contributed by atoms with van der Waals surface area (Å²) in [6, 6.07) is 17.2. The molecule has 34 heteroatoms. The van der Waals surface area contributed by atoms with E-state index in [0.29, 0.717) is 105 Å². The van der Waals surface area contributed by atoms with Gasteiger partial charge in [0.2, 0.25) is 17.6 Å². The molecule has 12 N–H and O–H groups in total. The van der Waals surface area contributed by atoms with Crippen LogP contribution in [-0.2, 0) is 9.47 Å². The van der Waals surface area contributed by atoms with Crippen LogP contribution in [0.2, 0.25) is 0 Å². The highest BCUT2D eigenvalue weighted by Crippen LogP contribution is 2.37. The number of hydrogen-bond acceptors (Lipinski definition) is 26. The Balaban J connectivity index is 0.000000152. The van der Waals surface area contributed by atoms with Crippen molar-refractivity contribution >= 4 is 98.6 Å². The van der Waals surface area contributed by atoms with Crippen LogP contribution in [0.1, 0.15) is 157 Å². The lowest BCUT2D eigenvalue weighted by molar-refractivity contribution is 0.0448. The number of fused-ring (bicyclic) bond motifs is 3. The van der Waals surface area contributed by atoms with Gasteiger partial charge in [-0.25, -0.2) is 43.8 Å². The molecule has 106 heavy (non-hydrogen) atoms. The molecule has 6 aliphatic rings. The van der Waals surface area contributed by atoms with Gasteiger partial charge >= 0.3 is 18.2 Å². The molecule has 6 aliphatic carbocycles. The second-order valence-electron chi connectivity index (χ2n) is 28.4. The number of aromatic carboxylic acids is 1. The molecule has 0 aromatic carbocycles. The third-order valence-corrected chi connectivity index (χ3v) is 17.4. The third-order valence-electron chi connectivity index (χ3n) is 17.4. The molecule has 0 aliphatic heterocycles. The first kappa shape index (κ1) is 75.9. The summed E-state index contributed by atoms with van der Waals surface area (Å²) in [6.45, 7) is 10.7. The first-order chi connectivity index (χ1) is 50.1. The van der Waals surface area contributed by atoms with E-state index >= 15 is 0 Å². The smallest absolute Gasteiger partial charge is 0.415 e. The largest absolute Gasteiger partial charge is 0.478 e. The van der Waals surface area contributed by atoms with Crippen LogP contribution in [0, 0.1) is 0 Å². The molecule has 0 saturated heterocycles. The molecule has 9 heterocycles. The summed E-state index contributed by atoms with van der Waals surface area (Å²) in [5.74, 6) is 1.80. The van der Waals surface area contributed by atoms with Crippen LogP contribution >= 0.6 is 0 Å². The molecule has 0 spiro atoms. The Hall–Kier alpha value is -11.2. The van der Waals surface area contributed by atoms with Crippen molar-refractivity contribution in [2.75, 3.05) is 52.2 Å². The van der Waals surface area contributed by atoms with Crippen molar-refractivity contribution in [1.29, 1.82) is 0 Å². The topological polar surface area (TPSA) is 433 Å². The van der Waals surface area contributed by atoms with E-state index in [-0.39, 0.29) is 72.6 Å². The maximum absolute atomic E-state index is 13.1. The van der Waals surface area contributed by atoms with E-state index in [2.05, 4.69) is 72.1 Å². The molecule has 6 saturated carbocycles. The van der Waals surface area contributed by atoms with E-state index in [1.165, 1.54) is 37.4 Å². The summed E-state index contributed by atoms with van der Waals surface area (Å²) >= 11 is 0. The Morgan fingerprint density at radius 3 is 1.32 bits per heavy atom. The highest BCUT2D eigenvalue weighted by atomic mass is 16.6. The second-order valence-corrected chi connectivity index (χ2v) is 28.4. The zero-order valence-electron chi connectivity index (χ0n) is 59.7. The minimum atomic E-state index is -1.12. The Morgan fingerprint density at radius 1 is 0.528 bits per heavy atom. The second kappa shape index (κ2) is 32.0. The lowest BCUT2D eigenvalue weighted by Crippen LogP contribution is -2.50. The number of nitrogens with one attached hydrogen (secondary N) is 6. The lowest BCUT2D eigenvalue weighted by atomic mass is 9.89. The van der Waals surface area contributed by atoms with Crippen LogP contribution in [0.5, 0.6) is 17.6 Å². The fourth-order valence-corrected chi connectivity index (χ4v) is 10.7. The predicted molar refractivity (Wildman–Crippen MR) is 393 cm³/mol. The number of aromatic nitrogens is 11. The lowest BCUT2D eigenvalue weighted by Gasteiger charge is -2.32. The molecule has 6 atom stereocenters. The molecular formula is C72H92N20O14. The Bertz CT molecular complexity index is 4650. The fraction of sp³-hybridized carbons (Fsp3) is 0.458. The molecule has 15 rings (SSSR count). The average molecular weight is 1460 g/mol. The van der Waals surface area contributed by atoms with E-state index in [1.54, 1.807) is 122 Å².